The van der Waals surface area contributed by atoms with Gasteiger partial charge in [-0.2, -0.15) is 0 Å². The summed E-state index contributed by atoms with van der Waals surface area (Å²) in [5.74, 6) is 0.622. The van der Waals surface area contributed by atoms with Crippen LogP contribution in [0, 0.1) is 0 Å². The third kappa shape index (κ3) is 6.71. The summed E-state index contributed by atoms with van der Waals surface area (Å²) in [4.78, 5) is 19.9. The van der Waals surface area contributed by atoms with Gasteiger partial charge in [0.1, 0.15) is 11.4 Å². The Morgan fingerprint density at radius 3 is 2.58 bits per heavy atom. The molecule has 1 aromatic rings. The molecule has 1 atom stereocenters. The van der Waals surface area contributed by atoms with E-state index in [9.17, 15) is 4.79 Å². The molecule has 1 rings (SSSR count). The van der Waals surface area contributed by atoms with Crippen LogP contribution in [0.15, 0.2) is 18.5 Å². The van der Waals surface area contributed by atoms with E-state index >= 15 is 0 Å². The van der Waals surface area contributed by atoms with E-state index in [4.69, 9.17) is 9.84 Å². The molecule has 6 nitrogen and oxygen atoms in total. The number of hydrogen-bond acceptors (Lipinski definition) is 5. The van der Waals surface area contributed by atoms with Gasteiger partial charge >= 0.3 is 6.09 Å². The van der Waals surface area contributed by atoms with Crippen LogP contribution in [0.1, 0.15) is 33.0 Å². The van der Waals surface area contributed by atoms with Crippen LogP contribution in [0.3, 0.4) is 0 Å². The maximum absolute atomic E-state index is 11.7. The molecule has 0 aliphatic carbocycles. The standard InChI is InChI=1S/C13H21N3O3/c1-13(2,3)19-12(18)16-10(5-8-17)9-11-14-6-4-7-15-11/h4,6-7,10,17H,5,8-9H2,1-3H3,(H,16,18). The predicted molar refractivity (Wildman–Crippen MR) is 70.6 cm³/mol. The van der Waals surface area contributed by atoms with Crippen molar-refractivity contribution in [2.75, 3.05) is 6.61 Å². The second kappa shape index (κ2) is 7.04. The highest BCUT2D eigenvalue weighted by molar-refractivity contribution is 5.68. The van der Waals surface area contributed by atoms with E-state index in [1.165, 1.54) is 0 Å². The Morgan fingerprint density at radius 2 is 2.05 bits per heavy atom. The van der Waals surface area contributed by atoms with Crippen LogP contribution in [0.2, 0.25) is 0 Å². The Kier molecular flexibility index (Phi) is 5.69. The molecule has 1 unspecified atom stereocenters. The van der Waals surface area contributed by atoms with E-state index in [1.807, 2.05) is 0 Å². The molecule has 1 aromatic heterocycles. The Morgan fingerprint density at radius 1 is 1.42 bits per heavy atom. The number of aliphatic hydroxyl groups is 1. The van der Waals surface area contributed by atoms with Crippen molar-refractivity contribution in [1.82, 2.24) is 15.3 Å². The van der Waals surface area contributed by atoms with Gasteiger partial charge in [-0.05, 0) is 33.3 Å². The molecule has 19 heavy (non-hydrogen) atoms. The van der Waals surface area contributed by atoms with Crippen LogP contribution in [-0.2, 0) is 11.2 Å². The average Bonchev–Trinajstić information content (AvgIpc) is 2.27. The van der Waals surface area contributed by atoms with Crippen LogP contribution in [0.4, 0.5) is 4.79 Å². The lowest BCUT2D eigenvalue weighted by atomic mass is 10.1. The van der Waals surface area contributed by atoms with Gasteiger partial charge in [-0.1, -0.05) is 0 Å². The molecule has 0 saturated carbocycles. The Balaban J connectivity index is 2.55. The minimum Gasteiger partial charge on any atom is -0.444 e. The Labute approximate surface area is 113 Å². The summed E-state index contributed by atoms with van der Waals surface area (Å²) in [6, 6.07) is 1.48. The summed E-state index contributed by atoms with van der Waals surface area (Å²) in [7, 11) is 0. The quantitative estimate of drug-likeness (QED) is 0.840. The van der Waals surface area contributed by atoms with Gasteiger partial charge in [-0.3, -0.25) is 0 Å². The van der Waals surface area contributed by atoms with E-state index in [1.54, 1.807) is 39.2 Å². The van der Waals surface area contributed by atoms with Crippen molar-refractivity contribution in [2.24, 2.45) is 0 Å². The Hall–Kier alpha value is -1.69. The molecule has 0 aliphatic heterocycles. The molecule has 0 aliphatic rings. The fraction of sp³-hybridized carbons (Fsp3) is 0.615. The Bertz CT molecular complexity index is 390. The molecule has 0 aromatic carbocycles. The molecule has 1 heterocycles. The van der Waals surface area contributed by atoms with Gasteiger partial charge in [0.2, 0.25) is 0 Å². The van der Waals surface area contributed by atoms with Crippen LogP contribution in [-0.4, -0.2) is 39.4 Å². The number of amides is 1. The minimum atomic E-state index is -0.545. The van der Waals surface area contributed by atoms with Crippen LogP contribution in [0.5, 0.6) is 0 Å². The van der Waals surface area contributed by atoms with Gasteiger partial charge in [0.25, 0.3) is 0 Å². The largest absolute Gasteiger partial charge is 0.444 e. The fourth-order valence-corrected chi connectivity index (χ4v) is 1.51. The monoisotopic (exact) mass is 267 g/mol. The van der Waals surface area contributed by atoms with Gasteiger partial charge in [0.05, 0.1) is 0 Å². The maximum atomic E-state index is 11.7. The zero-order valence-electron chi connectivity index (χ0n) is 11.6. The third-order valence-corrected chi connectivity index (χ3v) is 2.25. The summed E-state index contributed by atoms with van der Waals surface area (Å²) in [6.45, 7) is 5.38. The second-order valence-corrected chi connectivity index (χ2v) is 5.22. The number of nitrogens with one attached hydrogen (secondary N) is 1. The number of rotatable bonds is 5. The van der Waals surface area contributed by atoms with Gasteiger partial charge in [-0.15, -0.1) is 0 Å². The van der Waals surface area contributed by atoms with Crippen LogP contribution < -0.4 is 5.32 Å². The minimum absolute atomic E-state index is 0.0205. The van der Waals surface area contributed by atoms with Crippen LogP contribution in [0.25, 0.3) is 0 Å². The summed E-state index contributed by atoms with van der Waals surface area (Å²) in [6.07, 6.45) is 3.68. The number of carbonyl (C=O) groups is 1. The third-order valence-electron chi connectivity index (χ3n) is 2.25. The molecular weight excluding hydrogens is 246 g/mol. The molecule has 0 bridgehead atoms. The van der Waals surface area contributed by atoms with E-state index < -0.39 is 11.7 Å². The molecule has 2 N–H and O–H groups in total. The first kappa shape index (κ1) is 15.4. The van der Waals surface area contributed by atoms with Crippen LogP contribution >= 0.6 is 0 Å². The first-order valence-corrected chi connectivity index (χ1v) is 6.27. The zero-order valence-corrected chi connectivity index (χ0v) is 11.6. The highest BCUT2D eigenvalue weighted by Crippen LogP contribution is 2.08. The van der Waals surface area contributed by atoms with E-state index in [0.29, 0.717) is 18.7 Å². The summed E-state index contributed by atoms with van der Waals surface area (Å²) in [5, 5.41) is 11.7. The molecule has 0 radical (unpaired) electrons. The summed E-state index contributed by atoms with van der Waals surface area (Å²) in [5.41, 5.74) is -0.545. The molecule has 0 fully saturated rings. The van der Waals surface area contributed by atoms with Crippen molar-refractivity contribution in [3.8, 4) is 0 Å². The number of nitrogens with zero attached hydrogens (tertiary/aromatic N) is 2. The van der Waals surface area contributed by atoms with Crippen molar-refractivity contribution >= 4 is 6.09 Å². The smallest absolute Gasteiger partial charge is 0.407 e. The lowest BCUT2D eigenvalue weighted by Gasteiger charge is -2.23. The highest BCUT2D eigenvalue weighted by atomic mass is 16.6. The number of ether oxygens (including phenoxy) is 1. The van der Waals surface area contributed by atoms with E-state index in [0.717, 1.165) is 0 Å². The SMILES string of the molecule is CC(C)(C)OC(=O)NC(CCO)Cc1ncccn1. The first-order chi connectivity index (χ1) is 8.90. The second-order valence-electron chi connectivity index (χ2n) is 5.22. The van der Waals surface area contributed by atoms with Crippen molar-refractivity contribution < 1.29 is 14.6 Å². The van der Waals surface area contributed by atoms with Gasteiger partial charge in [0.15, 0.2) is 0 Å². The van der Waals surface area contributed by atoms with Crippen molar-refractivity contribution in [2.45, 2.75) is 45.3 Å². The molecular formula is C13H21N3O3. The van der Waals surface area contributed by atoms with E-state index in [2.05, 4.69) is 15.3 Å². The van der Waals surface area contributed by atoms with Crippen molar-refractivity contribution in [3.63, 3.8) is 0 Å². The summed E-state index contributed by atoms with van der Waals surface area (Å²) < 4.78 is 5.18. The van der Waals surface area contributed by atoms with E-state index in [-0.39, 0.29) is 12.6 Å². The number of carbonyl (C=O) groups excluding carboxylic acids is 1. The van der Waals surface area contributed by atoms with Gasteiger partial charge < -0.3 is 15.2 Å². The van der Waals surface area contributed by atoms with Crippen molar-refractivity contribution in [1.29, 1.82) is 0 Å². The maximum Gasteiger partial charge on any atom is 0.407 e. The average molecular weight is 267 g/mol. The van der Waals surface area contributed by atoms with Gasteiger partial charge in [-0.25, -0.2) is 14.8 Å². The number of aliphatic hydroxyl groups excluding tert-OH is 1. The number of alkyl carbamates (subject to hydrolysis) is 1. The predicted octanol–water partition coefficient (Wildman–Crippen LogP) is 1.29. The topological polar surface area (TPSA) is 84.3 Å². The summed E-state index contributed by atoms with van der Waals surface area (Å²) >= 11 is 0. The molecule has 1 amide bonds. The normalized spacial score (nSPS) is 12.8. The molecule has 6 heteroatoms. The lowest BCUT2D eigenvalue weighted by Crippen LogP contribution is -2.41. The molecule has 0 saturated heterocycles. The first-order valence-electron chi connectivity index (χ1n) is 6.27. The highest BCUT2D eigenvalue weighted by Gasteiger charge is 2.20. The molecule has 106 valence electrons. The van der Waals surface area contributed by atoms with Crippen molar-refractivity contribution in [3.05, 3.63) is 24.3 Å². The molecule has 0 spiro atoms. The fourth-order valence-electron chi connectivity index (χ4n) is 1.51. The number of hydrogen-bond donors (Lipinski definition) is 2. The number of aromatic nitrogens is 2. The van der Waals surface area contributed by atoms with Gasteiger partial charge in [0, 0.05) is 31.5 Å². The zero-order chi connectivity index (χ0) is 14.3. The lowest BCUT2D eigenvalue weighted by molar-refractivity contribution is 0.0496.